The minimum atomic E-state index is -0.663. The summed E-state index contributed by atoms with van der Waals surface area (Å²) in [6, 6.07) is 5.09. The average Bonchev–Trinajstić information content (AvgIpc) is 2.76. The van der Waals surface area contributed by atoms with Crippen molar-refractivity contribution in [1.82, 2.24) is 0 Å². The topological polar surface area (TPSA) is 13.1 Å². The first-order valence-corrected chi connectivity index (χ1v) is 5.72. The number of aryl methyl sites for hydroxylation is 1. The highest BCUT2D eigenvalue weighted by Crippen LogP contribution is 2.33. The Morgan fingerprint density at radius 1 is 1.24 bits per heavy atom. The van der Waals surface area contributed by atoms with E-state index in [1.165, 1.54) is 18.4 Å². The van der Waals surface area contributed by atoms with Gasteiger partial charge in [0.1, 0.15) is 17.4 Å². The summed E-state index contributed by atoms with van der Waals surface area (Å²) in [5.41, 5.74) is 0.976. The van der Waals surface area contributed by atoms with Crippen molar-refractivity contribution in [2.45, 2.75) is 18.7 Å². The van der Waals surface area contributed by atoms with Crippen molar-refractivity contribution in [2.75, 3.05) is 0 Å². The number of alkyl halides is 1. The van der Waals surface area contributed by atoms with E-state index < -0.39 is 17.0 Å². The van der Waals surface area contributed by atoms with E-state index in [0.717, 1.165) is 11.6 Å². The molecule has 0 fully saturated rings. The number of hydrogen-bond donors (Lipinski definition) is 0. The molecule has 0 N–H and O–H groups in total. The van der Waals surface area contributed by atoms with Gasteiger partial charge >= 0.3 is 0 Å². The first-order valence-electron chi connectivity index (χ1n) is 5.28. The van der Waals surface area contributed by atoms with Crippen molar-refractivity contribution >= 4 is 11.6 Å². The Morgan fingerprint density at radius 2 is 2.00 bits per heavy atom. The zero-order valence-electron chi connectivity index (χ0n) is 9.21. The van der Waals surface area contributed by atoms with Crippen molar-refractivity contribution in [3.8, 4) is 0 Å². The molecule has 1 heterocycles. The van der Waals surface area contributed by atoms with E-state index in [2.05, 4.69) is 0 Å². The van der Waals surface area contributed by atoms with Crippen LogP contribution in [0.2, 0.25) is 0 Å². The Balaban J connectivity index is 2.40. The summed E-state index contributed by atoms with van der Waals surface area (Å²) in [6.45, 7) is 1.92. The average molecular weight is 257 g/mol. The summed E-state index contributed by atoms with van der Waals surface area (Å²) >= 11 is 6.19. The minimum Gasteiger partial charge on any atom is -0.469 e. The lowest BCUT2D eigenvalue weighted by Crippen LogP contribution is -1.99. The molecule has 0 aliphatic heterocycles. The van der Waals surface area contributed by atoms with E-state index in [9.17, 15) is 8.78 Å². The van der Waals surface area contributed by atoms with Crippen molar-refractivity contribution in [2.24, 2.45) is 0 Å². The first kappa shape index (κ1) is 12.1. The summed E-state index contributed by atoms with van der Waals surface area (Å²) in [7, 11) is 0. The Kier molecular flexibility index (Phi) is 3.48. The van der Waals surface area contributed by atoms with E-state index in [4.69, 9.17) is 16.0 Å². The highest BCUT2D eigenvalue weighted by Gasteiger charge is 2.19. The third-order valence-electron chi connectivity index (χ3n) is 2.61. The molecule has 0 amide bonds. The standard InChI is InChI=1S/C13H11ClF2O/c1-2-12-10(5-6-17-12)13(14)9-4-3-8(15)7-11(9)16/h3-7,13H,2H2,1H3. The predicted octanol–water partition coefficient (Wildman–Crippen LogP) is 4.45. The molecule has 1 aromatic heterocycles. The van der Waals surface area contributed by atoms with Crippen molar-refractivity contribution in [3.05, 3.63) is 59.1 Å². The maximum atomic E-state index is 13.6. The largest absolute Gasteiger partial charge is 0.469 e. The van der Waals surface area contributed by atoms with E-state index in [-0.39, 0.29) is 5.56 Å². The van der Waals surface area contributed by atoms with Gasteiger partial charge in [-0.25, -0.2) is 8.78 Å². The highest BCUT2D eigenvalue weighted by atomic mass is 35.5. The second-order valence-corrected chi connectivity index (χ2v) is 4.12. The van der Waals surface area contributed by atoms with E-state index in [1.54, 1.807) is 6.07 Å². The second kappa shape index (κ2) is 4.88. The number of rotatable bonds is 3. The number of hydrogen-bond acceptors (Lipinski definition) is 1. The van der Waals surface area contributed by atoms with Crippen LogP contribution in [0.4, 0.5) is 8.78 Å². The van der Waals surface area contributed by atoms with E-state index in [0.29, 0.717) is 12.2 Å². The molecule has 0 saturated heterocycles. The molecule has 0 spiro atoms. The Labute approximate surface area is 103 Å². The second-order valence-electron chi connectivity index (χ2n) is 3.68. The van der Waals surface area contributed by atoms with Gasteiger partial charge in [0.05, 0.1) is 11.6 Å². The van der Waals surface area contributed by atoms with Crippen LogP contribution in [0.1, 0.15) is 29.2 Å². The van der Waals surface area contributed by atoms with Crippen LogP contribution in [-0.2, 0) is 6.42 Å². The molecule has 2 aromatic rings. The molecule has 0 aliphatic rings. The fraction of sp³-hybridized carbons (Fsp3) is 0.231. The summed E-state index contributed by atoms with van der Waals surface area (Å²) < 4.78 is 31.6. The summed E-state index contributed by atoms with van der Waals surface area (Å²) in [5.74, 6) is -0.542. The fourth-order valence-electron chi connectivity index (χ4n) is 1.74. The van der Waals surface area contributed by atoms with Gasteiger partial charge in [-0.3, -0.25) is 0 Å². The zero-order valence-corrected chi connectivity index (χ0v) is 9.97. The Bertz CT molecular complexity index is 522. The molecule has 1 unspecified atom stereocenters. The lowest BCUT2D eigenvalue weighted by molar-refractivity contribution is 0.511. The normalized spacial score (nSPS) is 12.7. The van der Waals surface area contributed by atoms with Crippen LogP contribution in [0.3, 0.4) is 0 Å². The van der Waals surface area contributed by atoms with E-state index in [1.807, 2.05) is 6.92 Å². The molecule has 1 nitrogen and oxygen atoms in total. The van der Waals surface area contributed by atoms with Crippen LogP contribution < -0.4 is 0 Å². The van der Waals surface area contributed by atoms with E-state index >= 15 is 0 Å². The Hall–Kier alpha value is -1.35. The number of halogens is 3. The van der Waals surface area contributed by atoms with Crippen LogP contribution in [0.25, 0.3) is 0 Å². The molecule has 4 heteroatoms. The van der Waals surface area contributed by atoms with Crippen LogP contribution in [0.15, 0.2) is 34.9 Å². The molecule has 0 radical (unpaired) electrons. The molecule has 17 heavy (non-hydrogen) atoms. The van der Waals surface area contributed by atoms with Crippen molar-refractivity contribution in [3.63, 3.8) is 0 Å². The van der Waals surface area contributed by atoms with Crippen LogP contribution >= 0.6 is 11.6 Å². The summed E-state index contributed by atoms with van der Waals surface area (Å²) in [4.78, 5) is 0. The minimum absolute atomic E-state index is 0.254. The zero-order chi connectivity index (χ0) is 12.4. The molecular formula is C13H11ClF2O. The first-order chi connectivity index (χ1) is 8.13. The molecule has 1 aromatic carbocycles. The van der Waals surface area contributed by atoms with Crippen LogP contribution in [0.5, 0.6) is 0 Å². The monoisotopic (exact) mass is 256 g/mol. The number of furan rings is 1. The molecule has 0 bridgehead atoms. The van der Waals surface area contributed by atoms with Gasteiger partial charge in [-0.2, -0.15) is 0 Å². The predicted molar refractivity (Wildman–Crippen MR) is 62.1 cm³/mol. The van der Waals surface area contributed by atoms with Gasteiger partial charge in [0.25, 0.3) is 0 Å². The van der Waals surface area contributed by atoms with Gasteiger partial charge < -0.3 is 4.42 Å². The van der Waals surface area contributed by atoms with Crippen LogP contribution in [-0.4, -0.2) is 0 Å². The molecule has 1 atom stereocenters. The maximum Gasteiger partial charge on any atom is 0.131 e. The van der Waals surface area contributed by atoms with Gasteiger partial charge in [-0.05, 0) is 12.1 Å². The molecule has 2 rings (SSSR count). The smallest absolute Gasteiger partial charge is 0.131 e. The van der Waals surface area contributed by atoms with Gasteiger partial charge in [-0.15, -0.1) is 11.6 Å². The van der Waals surface area contributed by atoms with Crippen molar-refractivity contribution in [1.29, 1.82) is 0 Å². The third-order valence-corrected chi connectivity index (χ3v) is 3.08. The van der Waals surface area contributed by atoms with Gasteiger partial charge in [0.2, 0.25) is 0 Å². The lowest BCUT2D eigenvalue weighted by Gasteiger charge is -2.10. The molecular weight excluding hydrogens is 246 g/mol. The fourth-order valence-corrected chi connectivity index (χ4v) is 2.11. The maximum absolute atomic E-state index is 13.6. The third kappa shape index (κ3) is 2.34. The van der Waals surface area contributed by atoms with Gasteiger partial charge in [-0.1, -0.05) is 13.0 Å². The van der Waals surface area contributed by atoms with Crippen molar-refractivity contribution < 1.29 is 13.2 Å². The molecule has 0 aliphatic carbocycles. The number of benzene rings is 1. The quantitative estimate of drug-likeness (QED) is 0.740. The summed E-state index contributed by atoms with van der Waals surface area (Å²) in [5, 5.41) is -0.663. The van der Waals surface area contributed by atoms with Gasteiger partial charge in [0.15, 0.2) is 0 Å². The molecule has 90 valence electrons. The Morgan fingerprint density at radius 3 is 2.65 bits per heavy atom. The van der Waals surface area contributed by atoms with Crippen LogP contribution in [0, 0.1) is 11.6 Å². The van der Waals surface area contributed by atoms with Gasteiger partial charge in [0, 0.05) is 23.6 Å². The summed E-state index contributed by atoms with van der Waals surface area (Å²) in [6.07, 6.45) is 2.19. The molecule has 0 saturated carbocycles. The SMILES string of the molecule is CCc1occc1C(Cl)c1ccc(F)cc1F. The lowest BCUT2D eigenvalue weighted by atomic mass is 10.0. The highest BCUT2D eigenvalue weighted by molar-refractivity contribution is 6.22.